The van der Waals surface area contributed by atoms with Gasteiger partial charge in [-0.25, -0.2) is 19.6 Å². The van der Waals surface area contributed by atoms with Crippen molar-refractivity contribution in [1.29, 1.82) is 0 Å². The fourth-order valence-corrected chi connectivity index (χ4v) is 5.14. The maximum Gasteiger partial charge on any atom is 0.235 e. The number of ether oxygens (including phenoxy) is 2. The summed E-state index contributed by atoms with van der Waals surface area (Å²) < 4.78 is 11.5. The number of nitrogens with zero attached hydrogens (tertiary/aromatic N) is 2. The van der Waals surface area contributed by atoms with Gasteiger partial charge in [0, 0.05) is 0 Å². The van der Waals surface area contributed by atoms with Crippen LogP contribution in [0.4, 0.5) is 0 Å². The zero-order chi connectivity index (χ0) is 25.5. The van der Waals surface area contributed by atoms with Gasteiger partial charge in [0.15, 0.2) is 0 Å². The minimum absolute atomic E-state index is 0.270. The Labute approximate surface area is 214 Å². The van der Waals surface area contributed by atoms with Crippen LogP contribution < -0.4 is 9.47 Å². The van der Waals surface area contributed by atoms with Crippen molar-refractivity contribution in [2.75, 3.05) is 26.3 Å². The van der Waals surface area contributed by atoms with Gasteiger partial charge in [-0.05, 0) is 57.6 Å². The maximum atomic E-state index is 10.3. The van der Waals surface area contributed by atoms with Crippen LogP contribution in [0.15, 0.2) is 107 Å². The zero-order valence-corrected chi connectivity index (χ0v) is 20.1. The van der Waals surface area contributed by atoms with E-state index in [0.29, 0.717) is 24.7 Å². The molecule has 0 saturated carbocycles. The van der Waals surface area contributed by atoms with Crippen LogP contribution >= 0.6 is 0 Å². The molecule has 0 heterocycles. The fraction of sp³-hybridized carbons (Fsp3) is 0.161. The summed E-state index contributed by atoms with van der Waals surface area (Å²) in [6, 6.07) is 33.2. The van der Waals surface area contributed by atoms with Crippen molar-refractivity contribution in [3.05, 3.63) is 119 Å². The summed E-state index contributed by atoms with van der Waals surface area (Å²) >= 11 is 0. The molecule has 4 aromatic carbocycles. The topological polar surface area (TPSA) is 77.3 Å². The third-order valence-corrected chi connectivity index (χ3v) is 6.60. The molecule has 182 valence electrons. The number of aliphatic imine (C=N–C) groups is 2. The number of rotatable bonds is 10. The van der Waals surface area contributed by atoms with Gasteiger partial charge >= 0.3 is 0 Å². The SMILES string of the molecule is O=C=NCCOc1ccc(C2(c3ccc(OCCN=C=O)cc3)c3ccccc3-c3ccccc32)cc1. The Kier molecular flexibility index (Phi) is 7.05. The monoisotopic (exact) mass is 488 g/mol. The number of benzene rings is 4. The summed E-state index contributed by atoms with van der Waals surface area (Å²) in [5.41, 5.74) is 6.51. The third-order valence-electron chi connectivity index (χ3n) is 6.60. The molecule has 0 N–H and O–H groups in total. The molecular formula is C31H24N2O4. The molecule has 1 aliphatic rings. The average molecular weight is 489 g/mol. The first-order valence-electron chi connectivity index (χ1n) is 12.0. The van der Waals surface area contributed by atoms with Crippen molar-refractivity contribution in [3.8, 4) is 22.6 Å². The molecule has 0 radical (unpaired) electrons. The van der Waals surface area contributed by atoms with Crippen molar-refractivity contribution < 1.29 is 19.1 Å². The smallest absolute Gasteiger partial charge is 0.235 e. The first-order chi connectivity index (χ1) is 18.3. The van der Waals surface area contributed by atoms with E-state index in [4.69, 9.17) is 9.47 Å². The van der Waals surface area contributed by atoms with Crippen molar-refractivity contribution in [1.82, 2.24) is 0 Å². The summed E-state index contributed by atoms with van der Waals surface area (Å²) in [4.78, 5) is 27.7. The molecule has 0 unspecified atom stereocenters. The quantitative estimate of drug-likeness (QED) is 0.148. The molecule has 0 spiro atoms. The summed E-state index contributed by atoms with van der Waals surface area (Å²) in [6.07, 6.45) is 3.06. The Morgan fingerprint density at radius 2 is 0.973 bits per heavy atom. The van der Waals surface area contributed by atoms with Gasteiger partial charge in [-0.15, -0.1) is 0 Å². The number of fused-ring (bicyclic) bond motifs is 3. The van der Waals surface area contributed by atoms with Gasteiger partial charge in [-0.1, -0.05) is 72.8 Å². The normalized spacial score (nSPS) is 12.4. The van der Waals surface area contributed by atoms with Gasteiger partial charge in [0.05, 0.1) is 18.5 Å². The molecule has 0 atom stereocenters. The van der Waals surface area contributed by atoms with Gasteiger partial charge in [0.1, 0.15) is 24.7 Å². The lowest BCUT2D eigenvalue weighted by atomic mass is 9.68. The summed E-state index contributed by atoms with van der Waals surface area (Å²) in [5.74, 6) is 1.42. The summed E-state index contributed by atoms with van der Waals surface area (Å²) in [7, 11) is 0. The van der Waals surface area contributed by atoms with Crippen LogP contribution in [0.2, 0.25) is 0 Å². The molecule has 1 aliphatic carbocycles. The number of carbonyl (C=O) groups excluding carboxylic acids is 2. The minimum atomic E-state index is -0.534. The molecule has 5 rings (SSSR count). The van der Waals surface area contributed by atoms with E-state index >= 15 is 0 Å². The second-order valence-corrected chi connectivity index (χ2v) is 8.53. The first-order valence-corrected chi connectivity index (χ1v) is 12.0. The van der Waals surface area contributed by atoms with Crippen LogP contribution in [-0.4, -0.2) is 38.5 Å². The van der Waals surface area contributed by atoms with E-state index in [1.165, 1.54) is 34.4 Å². The number of hydrogen-bond acceptors (Lipinski definition) is 6. The van der Waals surface area contributed by atoms with E-state index in [-0.39, 0.29) is 13.1 Å². The van der Waals surface area contributed by atoms with E-state index in [2.05, 4.69) is 82.8 Å². The van der Waals surface area contributed by atoms with E-state index in [0.717, 1.165) is 11.1 Å². The highest BCUT2D eigenvalue weighted by atomic mass is 16.5. The highest BCUT2D eigenvalue weighted by molar-refractivity contribution is 5.86. The first kappa shape index (κ1) is 24.0. The molecule has 6 heteroatoms. The largest absolute Gasteiger partial charge is 0.492 e. The van der Waals surface area contributed by atoms with Crippen LogP contribution in [0.5, 0.6) is 11.5 Å². The van der Waals surface area contributed by atoms with Gasteiger partial charge in [-0.3, -0.25) is 0 Å². The molecule has 0 amide bonds. The highest BCUT2D eigenvalue weighted by Crippen LogP contribution is 2.56. The van der Waals surface area contributed by atoms with Gasteiger partial charge in [0.2, 0.25) is 12.2 Å². The molecule has 0 aromatic heterocycles. The van der Waals surface area contributed by atoms with E-state index in [1.807, 2.05) is 24.3 Å². The Bertz CT molecular complexity index is 1370. The zero-order valence-electron chi connectivity index (χ0n) is 20.1. The molecule has 0 bridgehead atoms. The van der Waals surface area contributed by atoms with Gasteiger partial charge < -0.3 is 9.47 Å². The lowest BCUT2D eigenvalue weighted by Gasteiger charge is -2.34. The second-order valence-electron chi connectivity index (χ2n) is 8.53. The Morgan fingerprint density at radius 3 is 1.38 bits per heavy atom. The summed E-state index contributed by atoms with van der Waals surface area (Å²) in [5, 5.41) is 0. The molecular weight excluding hydrogens is 464 g/mol. The lowest BCUT2D eigenvalue weighted by molar-refractivity contribution is 0.328. The highest BCUT2D eigenvalue weighted by Gasteiger charge is 2.45. The van der Waals surface area contributed by atoms with Crippen molar-refractivity contribution in [3.63, 3.8) is 0 Å². The Morgan fingerprint density at radius 1 is 0.568 bits per heavy atom. The van der Waals surface area contributed by atoms with Crippen LogP contribution in [-0.2, 0) is 15.0 Å². The van der Waals surface area contributed by atoms with Crippen LogP contribution in [0.25, 0.3) is 11.1 Å². The van der Waals surface area contributed by atoms with Crippen LogP contribution in [0.1, 0.15) is 22.3 Å². The predicted molar refractivity (Wildman–Crippen MR) is 141 cm³/mol. The van der Waals surface area contributed by atoms with Crippen molar-refractivity contribution >= 4 is 12.2 Å². The molecule has 6 nitrogen and oxygen atoms in total. The maximum absolute atomic E-state index is 10.3. The fourth-order valence-electron chi connectivity index (χ4n) is 5.14. The Balaban J connectivity index is 1.60. The standard InChI is InChI=1S/C31H24N2O4/c34-21-32-17-19-36-25-13-9-23(10-14-25)31(24-11-15-26(16-12-24)37-20-18-33-22-35)29-7-3-1-5-27(29)28-6-2-4-8-30(28)31/h1-16H,17-20H2. The molecule has 4 aromatic rings. The number of hydrogen-bond donors (Lipinski definition) is 0. The average Bonchev–Trinajstić information content (AvgIpc) is 3.25. The summed E-state index contributed by atoms with van der Waals surface area (Å²) in [6.45, 7) is 1.16. The van der Waals surface area contributed by atoms with E-state index in [1.54, 1.807) is 0 Å². The van der Waals surface area contributed by atoms with Gasteiger partial charge in [-0.2, -0.15) is 0 Å². The second kappa shape index (κ2) is 10.9. The molecule has 0 saturated heterocycles. The van der Waals surface area contributed by atoms with Crippen LogP contribution in [0.3, 0.4) is 0 Å². The molecule has 0 aliphatic heterocycles. The lowest BCUT2D eigenvalue weighted by Crippen LogP contribution is -2.28. The minimum Gasteiger partial charge on any atom is -0.492 e. The molecule has 0 fully saturated rings. The van der Waals surface area contributed by atoms with Crippen LogP contribution in [0, 0.1) is 0 Å². The van der Waals surface area contributed by atoms with Gasteiger partial charge in [0.25, 0.3) is 0 Å². The van der Waals surface area contributed by atoms with E-state index in [9.17, 15) is 9.59 Å². The number of isocyanates is 2. The van der Waals surface area contributed by atoms with Crippen molar-refractivity contribution in [2.45, 2.75) is 5.41 Å². The third kappa shape index (κ3) is 4.48. The Hall–Kier alpha value is -4.76. The van der Waals surface area contributed by atoms with E-state index < -0.39 is 5.41 Å². The molecule has 37 heavy (non-hydrogen) atoms. The predicted octanol–water partition coefficient (Wildman–Crippen LogP) is 5.48. The van der Waals surface area contributed by atoms with Crippen molar-refractivity contribution in [2.24, 2.45) is 9.98 Å².